The highest BCUT2D eigenvalue weighted by Crippen LogP contribution is 2.27. The molecule has 31 heavy (non-hydrogen) atoms. The minimum Gasteiger partial charge on any atom is -0.459 e. The van der Waals surface area contributed by atoms with Crippen LogP contribution < -0.4 is 11.0 Å². The molecule has 1 amide bonds. The zero-order valence-corrected chi connectivity index (χ0v) is 16.6. The number of aromatic nitrogens is 2. The second-order valence-corrected chi connectivity index (χ2v) is 7.08. The van der Waals surface area contributed by atoms with Gasteiger partial charge in [-0.2, -0.15) is 4.98 Å². The first-order valence-corrected chi connectivity index (χ1v) is 9.93. The van der Waals surface area contributed by atoms with E-state index in [1.165, 1.54) is 4.57 Å². The highest BCUT2D eigenvalue weighted by Gasteiger charge is 2.28. The molecule has 2 atom stereocenters. The quantitative estimate of drug-likeness (QED) is 0.617. The van der Waals surface area contributed by atoms with Crippen LogP contribution >= 0.6 is 0 Å². The number of ether oxygens (including phenoxy) is 2. The third-order valence-corrected chi connectivity index (χ3v) is 4.91. The molecule has 1 fully saturated rings. The van der Waals surface area contributed by atoms with Gasteiger partial charge in [0.05, 0.1) is 11.7 Å². The van der Waals surface area contributed by atoms with Crippen LogP contribution in [-0.2, 0) is 9.47 Å². The number of anilines is 1. The molecule has 8 nitrogen and oxygen atoms in total. The number of carbonyl (C=O) groups is 2. The van der Waals surface area contributed by atoms with Crippen molar-refractivity contribution in [2.75, 3.05) is 11.9 Å². The first kappa shape index (κ1) is 20.5. The molecule has 0 unspecified atom stereocenters. The smallest absolute Gasteiger partial charge is 0.351 e. The Bertz CT molecular complexity index is 1110. The largest absolute Gasteiger partial charge is 0.459 e. The molecule has 0 spiro atoms. The van der Waals surface area contributed by atoms with Gasteiger partial charge in [-0.3, -0.25) is 9.36 Å². The Morgan fingerprint density at radius 2 is 1.68 bits per heavy atom. The van der Waals surface area contributed by atoms with Crippen LogP contribution in [0.25, 0.3) is 0 Å². The van der Waals surface area contributed by atoms with Crippen LogP contribution in [-0.4, -0.2) is 34.1 Å². The molecule has 8 heteroatoms. The average Bonchev–Trinajstić information content (AvgIpc) is 3.27. The second-order valence-electron chi connectivity index (χ2n) is 7.08. The van der Waals surface area contributed by atoms with E-state index in [-0.39, 0.29) is 24.4 Å². The molecule has 1 aliphatic heterocycles. The van der Waals surface area contributed by atoms with Gasteiger partial charge in [-0.15, -0.1) is 0 Å². The predicted octanol–water partition coefficient (Wildman–Crippen LogP) is 3.03. The van der Waals surface area contributed by atoms with E-state index in [4.69, 9.17) is 9.47 Å². The van der Waals surface area contributed by atoms with Crippen molar-refractivity contribution in [1.82, 2.24) is 9.55 Å². The van der Waals surface area contributed by atoms with Crippen LogP contribution in [0, 0.1) is 0 Å². The fourth-order valence-corrected chi connectivity index (χ4v) is 3.32. The van der Waals surface area contributed by atoms with E-state index in [9.17, 15) is 14.4 Å². The van der Waals surface area contributed by atoms with Gasteiger partial charge in [0.2, 0.25) is 0 Å². The first-order valence-electron chi connectivity index (χ1n) is 9.93. The van der Waals surface area contributed by atoms with E-state index in [0.717, 1.165) is 0 Å². The third-order valence-electron chi connectivity index (χ3n) is 4.91. The minimum absolute atomic E-state index is 0.109. The van der Waals surface area contributed by atoms with Crippen LogP contribution in [0.4, 0.5) is 5.82 Å². The summed E-state index contributed by atoms with van der Waals surface area (Å²) in [5, 5.41) is 2.61. The number of hydrogen-bond acceptors (Lipinski definition) is 6. The Balaban J connectivity index is 1.33. The monoisotopic (exact) mass is 419 g/mol. The lowest BCUT2D eigenvalue weighted by atomic mass is 10.2. The summed E-state index contributed by atoms with van der Waals surface area (Å²) in [6.45, 7) is 0.109. The van der Waals surface area contributed by atoms with E-state index in [0.29, 0.717) is 24.0 Å². The molecule has 1 saturated heterocycles. The topological polar surface area (TPSA) is 99.5 Å². The number of esters is 1. The Hall–Kier alpha value is -3.78. The number of rotatable bonds is 6. The van der Waals surface area contributed by atoms with Crippen LogP contribution in [0.3, 0.4) is 0 Å². The summed E-state index contributed by atoms with van der Waals surface area (Å²) >= 11 is 0. The molecular weight excluding hydrogens is 398 g/mol. The number of hydrogen-bond donors (Lipinski definition) is 1. The Morgan fingerprint density at radius 3 is 2.35 bits per heavy atom. The van der Waals surface area contributed by atoms with Gasteiger partial charge in [0.25, 0.3) is 5.91 Å². The van der Waals surface area contributed by atoms with Gasteiger partial charge in [-0.25, -0.2) is 9.59 Å². The lowest BCUT2D eigenvalue weighted by Crippen LogP contribution is -2.29. The summed E-state index contributed by atoms with van der Waals surface area (Å²) in [5.41, 5.74) is 0.420. The standard InChI is InChI=1S/C23H21N3O5/c27-21(16-7-3-1-4-8-16)24-19-13-14-26(23(29)25-19)20-12-11-18(31-20)15-30-22(28)17-9-5-2-6-10-17/h1-10,13-14,18,20H,11-12,15H2,(H,24,25,27,29)/t18-,20+/m0/s1. The normalized spacial score (nSPS) is 17.8. The highest BCUT2D eigenvalue weighted by atomic mass is 16.6. The summed E-state index contributed by atoms with van der Waals surface area (Å²) in [5.74, 6) is -0.589. The molecule has 3 aromatic rings. The maximum Gasteiger partial charge on any atom is 0.351 e. The number of nitrogens with zero attached hydrogens (tertiary/aromatic N) is 2. The van der Waals surface area contributed by atoms with E-state index in [2.05, 4.69) is 10.3 Å². The van der Waals surface area contributed by atoms with E-state index in [1.807, 2.05) is 12.1 Å². The summed E-state index contributed by atoms with van der Waals surface area (Å²) in [6, 6.07) is 19.0. The number of benzene rings is 2. The molecular formula is C23H21N3O5. The zero-order valence-electron chi connectivity index (χ0n) is 16.6. The summed E-state index contributed by atoms with van der Waals surface area (Å²) < 4.78 is 12.6. The molecule has 0 saturated carbocycles. The molecule has 0 bridgehead atoms. The van der Waals surface area contributed by atoms with Gasteiger partial charge in [0.1, 0.15) is 18.7 Å². The fourth-order valence-electron chi connectivity index (χ4n) is 3.32. The molecule has 1 aromatic heterocycles. The lowest BCUT2D eigenvalue weighted by molar-refractivity contribution is -0.0339. The molecule has 2 aromatic carbocycles. The van der Waals surface area contributed by atoms with Gasteiger partial charge in [0.15, 0.2) is 0 Å². The van der Waals surface area contributed by atoms with Crippen molar-refractivity contribution >= 4 is 17.7 Å². The van der Waals surface area contributed by atoms with Crippen molar-refractivity contribution in [3.8, 4) is 0 Å². The summed E-state index contributed by atoms with van der Waals surface area (Å²) in [6.07, 6.45) is 1.97. The molecule has 2 heterocycles. The number of carbonyl (C=O) groups excluding carboxylic acids is 2. The third kappa shape index (κ3) is 5.04. The van der Waals surface area contributed by atoms with Crippen molar-refractivity contribution in [2.45, 2.75) is 25.2 Å². The van der Waals surface area contributed by atoms with Crippen LogP contribution in [0.1, 0.15) is 39.8 Å². The second kappa shape index (κ2) is 9.36. The Morgan fingerprint density at radius 1 is 1.00 bits per heavy atom. The van der Waals surface area contributed by atoms with Crippen LogP contribution in [0.15, 0.2) is 77.7 Å². The average molecular weight is 419 g/mol. The van der Waals surface area contributed by atoms with Crippen molar-refractivity contribution < 1.29 is 19.1 Å². The van der Waals surface area contributed by atoms with E-state index >= 15 is 0 Å². The van der Waals surface area contributed by atoms with E-state index in [1.54, 1.807) is 60.8 Å². The maximum atomic E-state index is 12.4. The fraction of sp³-hybridized carbons (Fsp3) is 0.217. The Labute approximate surface area is 178 Å². The van der Waals surface area contributed by atoms with Crippen molar-refractivity contribution in [3.05, 3.63) is 94.5 Å². The van der Waals surface area contributed by atoms with Crippen LogP contribution in [0.5, 0.6) is 0 Å². The minimum atomic E-state index is -0.530. The zero-order chi connectivity index (χ0) is 21.6. The lowest BCUT2D eigenvalue weighted by Gasteiger charge is -2.16. The van der Waals surface area contributed by atoms with Gasteiger partial charge >= 0.3 is 11.7 Å². The van der Waals surface area contributed by atoms with Gasteiger partial charge < -0.3 is 14.8 Å². The molecule has 0 radical (unpaired) electrons. The van der Waals surface area contributed by atoms with Gasteiger partial charge in [0, 0.05) is 11.8 Å². The number of amides is 1. The van der Waals surface area contributed by atoms with Crippen LogP contribution in [0.2, 0.25) is 0 Å². The van der Waals surface area contributed by atoms with Gasteiger partial charge in [-0.05, 0) is 43.2 Å². The predicted molar refractivity (Wildman–Crippen MR) is 113 cm³/mol. The maximum absolute atomic E-state index is 12.4. The Kier molecular flexibility index (Phi) is 6.18. The highest BCUT2D eigenvalue weighted by molar-refractivity contribution is 6.03. The van der Waals surface area contributed by atoms with Crippen molar-refractivity contribution in [1.29, 1.82) is 0 Å². The van der Waals surface area contributed by atoms with Gasteiger partial charge in [-0.1, -0.05) is 36.4 Å². The summed E-state index contributed by atoms with van der Waals surface area (Å²) in [7, 11) is 0. The van der Waals surface area contributed by atoms with Crippen molar-refractivity contribution in [2.24, 2.45) is 0 Å². The number of nitrogens with one attached hydrogen (secondary N) is 1. The molecule has 158 valence electrons. The molecule has 1 aliphatic rings. The summed E-state index contributed by atoms with van der Waals surface area (Å²) in [4.78, 5) is 40.6. The molecule has 1 N–H and O–H groups in total. The SMILES string of the molecule is O=C(Nc1ccn([C@H]2CC[C@@H](COC(=O)c3ccccc3)O2)c(=O)n1)c1ccccc1. The first-order chi connectivity index (χ1) is 15.1. The molecule has 4 rings (SSSR count). The van der Waals surface area contributed by atoms with Crippen molar-refractivity contribution in [3.63, 3.8) is 0 Å². The van der Waals surface area contributed by atoms with E-state index < -0.39 is 17.9 Å². The molecule has 0 aliphatic carbocycles.